The molecular formula is C22H19BrFN3O3S. The Labute approximate surface area is 192 Å². The predicted molar refractivity (Wildman–Crippen MR) is 120 cm³/mol. The summed E-state index contributed by atoms with van der Waals surface area (Å²) in [7, 11) is 0. The van der Waals surface area contributed by atoms with E-state index in [0.717, 1.165) is 11.3 Å². The molecule has 1 unspecified atom stereocenters. The number of fused-ring (bicyclic) bond motifs is 1. The minimum atomic E-state index is -0.426. The Hall–Kier alpha value is -2.70. The summed E-state index contributed by atoms with van der Waals surface area (Å²) < 4.78 is 19.2. The van der Waals surface area contributed by atoms with Crippen LogP contribution in [0.2, 0.25) is 0 Å². The second-order valence-electron chi connectivity index (χ2n) is 7.12. The summed E-state index contributed by atoms with van der Waals surface area (Å²) >= 11 is 4.75. The Morgan fingerprint density at radius 1 is 1.35 bits per heavy atom. The highest BCUT2D eigenvalue weighted by Crippen LogP contribution is 2.46. The number of benzene rings is 2. The Morgan fingerprint density at radius 2 is 2.10 bits per heavy atom. The summed E-state index contributed by atoms with van der Waals surface area (Å²) in [6.07, 6.45) is 0.132. The van der Waals surface area contributed by atoms with Crippen molar-refractivity contribution in [1.82, 2.24) is 4.90 Å². The molecule has 2 aromatic rings. The number of carbonyl (C=O) groups is 1. The van der Waals surface area contributed by atoms with Crippen molar-refractivity contribution in [3.63, 3.8) is 0 Å². The van der Waals surface area contributed by atoms with Crippen LogP contribution >= 0.6 is 27.7 Å². The molecule has 1 saturated heterocycles. The number of thioether (sulfide) groups is 1. The number of hydrogen-bond donors (Lipinski definition) is 1. The molecule has 160 valence electrons. The summed E-state index contributed by atoms with van der Waals surface area (Å²) in [4.78, 5) is 16.6. The Morgan fingerprint density at radius 3 is 2.77 bits per heavy atom. The van der Waals surface area contributed by atoms with Crippen molar-refractivity contribution < 1.29 is 19.0 Å². The molecule has 0 bridgehead atoms. The van der Waals surface area contributed by atoms with Gasteiger partial charge in [0.2, 0.25) is 5.91 Å². The lowest BCUT2D eigenvalue weighted by Gasteiger charge is -2.42. The number of allylic oxidation sites excluding steroid dienone is 1. The summed E-state index contributed by atoms with van der Waals surface area (Å²) in [5, 5.41) is 20.8. The third-order valence-corrected chi connectivity index (χ3v) is 7.00. The van der Waals surface area contributed by atoms with Gasteiger partial charge in [0.1, 0.15) is 5.82 Å². The van der Waals surface area contributed by atoms with Crippen molar-refractivity contribution in [2.24, 2.45) is 0 Å². The number of nitrogens with zero attached hydrogens (tertiary/aromatic N) is 3. The van der Waals surface area contributed by atoms with Crippen LogP contribution in [0, 0.1) is 17.1 Å². The standard InChI is InChI=1S/C22H19BrFN3O3S/c1-2-30-19-8-13(7-18(23)21(19)29)16-9-20(28)27-11-26(12-31-22(27)17(16)10-25)15-5-3-14(24)4-6-15/h3-8,16,29H,2,9,11-12H2,1H3. The molecule has 2 aromatic carbocycles. The molecule has 31 heavy (non-hydrogen) atoms. The maximum Gasteiger partial charge on any atom is 0.229 e. The van der Waals surface area contributed by atoms with E-state index in [9.17, 15) is 19.6 Å². The lowest BCUT2D eigenvalue weighted by Crippen LogP contribution is -2.47. The van der Waals surface area contributed by atoms with Gasteiger partial charge < -0.3 is 14.7 Å². The number of rotatable bonds is 4. The first-order valence-corrected chi connectivity index (χ1v) is 11.4. The van der Waals surface area contributed by atoms with Gasteiger partial charge in [0.25, 0.3) is 0 Å². The normalized spacial score (nSPS) is 18.6. The number of phenolic OH excluding ortho intramolecular Hbond substituents is 1. The molecule has 0 radical (unpaired) electrons. The zero-order valence-corrected chi connectivity index (χ0v) is 19.0. The molecule has 2 aliphatic heterocycles. The smallest absolute Gasteiger partial charge is 0.229 e. The first kappa shape index (κ1) is 21.5. The topological polar surface area (TPSA) is 76.8 Å². The third-order valence-electron chi connectivity index (χ3n) is 5.24. The summed E-state index contributed by atoms with van der Waals surface area (Å²) in [5.74, 6) is -0.00814. The summed E-state index contributed by atoms with van der Waals surface area (Å²) in [5.41, 5.74) is 2.06. The van der Waals surface area contributed by atoms with Gasteiger partial charge in [0.05, 0.1) is 40.3 Å². The van der Waals surface area contributed by atoms with Crippen LogP contribution in [0.3, 0.4) is 0 Å². The molecule has 1 atom stereocenters. The number of ether oxygens (including phenoxy) is 1. The molecule has 1 amide bonds. The number of aromatic hydroxyl groups is 1. The van der Waals surface area contributed by atoms with Crippen LogP contribution in [0.25, 0.3) is 0 Å². The number of amides is 1. The SMILES string of the molecule is CCOc1cc(C2CC(=O)N3CN(c4ccc(F)cc4)CSC3=C2C#N)cc(Br)c1O. The second-order valence-corrected chi connectivity index (χ2v) is 8.91. The highest BCUT2D eigenvalue weighted by molar-refractivity contribution is 9.10. The molecule has 2 heterocycles. The molecule has 9 heteroatoms. The van der Waals surface area contributed by atoms with Crippen LogP contribution in [-0.4, -0.2) is 35.1 Å². The second kappa shape index (κ2) is 8.81. The van der Waals surface area contributed by atoms with E-state index in [-0.39, 0.29) is 23.9 Å². The number of carbonyl (C=O) groups excluding carboxylic acids is 1. The van der Waals surface area contributed by atoms with E-state index in [0.29, 0.717) is 40.0 Å². The van der Waals surface area contributed by atoms with E-state index in [1.165, 1.54) is 23.9 Å². The molecule has 2 aliphatic rings. The van der Waals surface area contributed by atoms with Crippen molar-refractivity contribution in [2.75, 3.05) is 24.1 Å². The van der Waals surface area contributed by atoms with Gasteiger partial charge in [-0.3, -0.25) is 9.69 Å². The number of nitriles is 1. The lowest BCUT2D eigenvalue weighted by molar-refractivity contribution is -0.129. The maximum atomic E-state index is 13.3. The van der Waals surface area contributed by atoms with E-state index in [1.807, 2.05) is 11.8 Å². The van der Waals surface area contributed by atoms with Gasteiger partial charge >= 0.3 is 0 Å². The van der Waals surface area contributed by atoms with E-state index >= 15 is 0 Å². The quantitative estimate of drug-likeness (QED) is 0.638. The fraction of sp³-hybridized carbons (Fsp3) is 0.273. The van der Waals surface area contributed by atoms with Crippen LogP contribution in [0.5, 0.6) is 11.5 Å². The van der Waals surface area contributed by atoms with Gasteiger partial charge in [-0.05, 0) is 64.8 Å². The summed E-state index contributed by atoms with van der Waals surface area (Å²) in [6.45, 7) is 2.49. The highest BCUT2D eigenvalue weighted by atomic mass is 79.9. The Kier molecular flexibility index (Phi) is 6.12. The minimum Gasteiger partial charge on any atom is -0.503 e. The van der Waals surface area contributed by atoms with Gasteiger partial charge in [0, 0.05) is 18.0 Å². The van der Waals surface area contributed by atoms with E-state index in [2.05, 4.69) is 22.0 Å². The molecule has 6 nitrogen and oxygen atoms in total. The van der Waals surface area contributed by atoms with Gasteiger partial charge in [-0.1, -0.05) is 11.8 Å². The summed E-state index contributed by atoms with van der Waals surface area (Å²) in [6, 6.07) is 11.8. The number of hydrogen-bond acceptors (Lipinski definition) is 6. The molecular weight excluding hydrogens is 485 g/mol. The van der Waals surface area contributed by atoms with E-state index in [4.69, 9.17) is 4.74 Å². The first-order valence-electron chi connectivity index (χ1n) is 9.66. The minimum absolute atomic E-state index is 0.0116. The zero-order chi connectivity index (χ0) is 22.1. The largest absolute Gasteiger partial charge is 0.503 e. The van der Waals surface area contributed by atoms with Gasteiger partial charge in [-0.15, -0.1) is 0 Å². The average Bonchev–Trinajstić information content (AvgIpc) is 2.77. The van der Waals surface area contributed by atoms with Crippen molar-refractivity contribution >= 4 is 39.3 Å². The van der Waals surface area contributed by atoms with Crippen molar-refractivity contribution in [3.05, 3.63) is 62.9 Å². The molecule has 4 rings (SSSR count). The molecule has 0 aromatic heterocycles. The monoisotopic (exact) mass is 503 g/mol. The van der Waals surface area contributed by atoms with Crippen LogP contribution in [0.4, 0.5) is 10.1 Å². The van der Waals surface area contributed by atoms with Crippen LogP contribution in [0.15, 0.2) is 51.5 Å². The number of phenols is 1. The average molecular weight is 504 g/mol. The zero-order valence-electron chi connectivity index (χ0n) is 16.6. The fourth-order valence-electron chi connectivity index (χ4n) is 3.72. The third kappa shape index (κ3) is 4.10. The molecule has 1 fully saturated rings. The number of anilines is 1. The Bertz CT molecular complexity index is 1100. The molecule has 1 N–H and O–H groups in total. The van der Waals surface area contributed by atoms with Crippen LogP contribution < -0.4 is 9.64 Å². The predicted octanol–water partition coefficient (Wildman–Crippen LogP) is 4.91. The van der Waals surface area contributed by atoms with Crippen molar-refractivity contribution in [2.45, 2.75) is 19.3 Å². The number of halogens is 2. The molecule has 0 aliphatic carbocycles. The lowest BCUT2D eigenvalue weighted by atomic mass is 9.86. The highest BCUT2D eigenvalue weighted by Gasteiger charge is 2.38. The van der Waals surface area contributed by atoms with Crippen LogP contribution in [0.1, 0.15) is 24.8 Å². The first-order chi connectivity index (χ1) is 14.9. The Balaban J connectivity index is 1.68. The van der Waals surface area contributed by atoms with Gasteiger partial charge in [-0.2, -0.15) is 5.26 Å². The molecule has 0 spiro atoms. The van der Waals surface area contributed by atoms with Gasteiger partial charge in [0.15, 0.2) is 11.5 Å². The molecule has 0 saturated carbocycles. The maximum absolute atomic E-state index is 13.3. The van der Waals surface area contributed by atoms with E-state index < -0.39 is 5.92 Å². The van der Waals surface area contributed by atoms with Crippen LogP contribution in [-0.2, 0) is 4.79 Å². The van der Waals surface area contributed by atoms with E-state index in [1.54, 1.807) is 29.2 Å². The van der Waals surface area contributed by atoms with Crippen molar-refractivity contribution in [3.8, 4) is 17.6 Å². The van der Waals surface area contributed by atoms with Crippen molar-refractivity contribution in [1.29, 1.82) is 5.26 Å². The fourth-order valence-corrected chi connectivity index (χ4v) is 5.35. The van der Waals surface area contributed by atoms with Gasteiger partial charge in [-0.25, -0.2) is 4.39 Å².